The van der Waals surface area contributed by atoms with E-state index in [1.54, 1.807) is 36.4 Å². The van der Waals surface area contributed by atoms with Gasteiger partial charge in [-0.05, 0) is 60.0 Å². The number of rotatable bonds is 2. The molecule has 8 heteroatoms. The van der Waals surface area contributed by atoms with Gasteiger partial charge in [-0.25, -0.2) is 0 Å². The lowest BCUT2D eigenvalue weighted by molar-refractivity contribution is 0.585. The summed E-state index contributed by atoms with van der Waals surface area (Å²) < 4.78 is 6.10. The monoisotopic (exact) mass is 410 g/mol. The zero-order valence-electron chi connectivity index (χ0n) is 14.4. The van der Waals surface area contributed by atoms with Crippen molar-refractivity contribution in [3.63, 3.8) is 0 Å². The number of hydrogen-bond acceptors (Lipinski definition) is 5. The Morgan fingerprint density at radius 1 is 1.11 bits per heavy atom. The first kappa shape index (κ1) is 17.2. The third-order valence-corrected chi connectivity index (χ3v) is 5.50. The fourth-order valence-corrected chi connectivity index (χ4v) is 3.98. The maximum Gasteiger partial charge on any atom is 0.204 e. The summed E-state index contributed by atoms with van der Waals surface area (Å²) >= 11 is 12.6. The first-order valence-corrected chi connectivity index (χ1v) is 9.36. The number of aromatic nitrogens is 4. The van der Waals surface area contributed by atoms with Gasteiger partial charge in [0.25, 0.3) is 0 Å². The average Bonchev–Trinajstić information content (AvgIpc) is 3.35. The highest BCUT2D eigenvalue weighted by atomic mass is 35.5. The Labute approximate surface area is 168 Å². The van der Waals surface area contributed by atoms with Crippen LogP contribution >= 0.6 is 23.2 Å². The van der Waals surface area contributed by atoms with Gasteiger partial charge >= 0.3 is 0 Å². The maximum atomic E-state index is 13.1. The number of hydrogen-bond donors (Lipinski definition) is 1. The molecule has 0 unspecified atom stereocenters. The van der Waals surface area contributed by atoms with Gasteiger partial charge < -0.3 is 4.42 Å². The minimum atomic E-state index is -0.0461. The second-order valence-corrected chi connectivity index (χ2v) is 7.30. The summed E-state index contributed by atoms with van der Waals surface area (Å²) in [7, 11) is 0. The van der Waals surface area contributed by atoms with E-state index in [2.05, 4.69) is 20.6 Å². The summed E-state index contributed by atoms with van der Waals surface area (Å²) in [6.07, 6.45) is 3.19. The largest absolute Gasteiger partial charge is 0.456 e. The summed E-state index contributed by atoms with van der Waals surface area (Å²) in [5, 5.41) is 15.5. The number of aromatic amines is 1. The normalized spacial score (nSPS) is 14.7. The summed E-state index contributed by atoms with van der Waals surface area (Å²) in [5.41, 5.74) is 3.46. The van der Waals surface area contributed by atoms with Crippen LogP contribution in [-0.4, -0.2) is 20.6 Å². The summed E-state index contributed by atoms with van der Waals surface area (Å²) in [4.78, 5) is 13.1. The van der Waals surface area contributed by atoms with Crippen molar-refractivity contribution in [1.82, 2.24) is 20.6 Å². The molecule has 0 bridgehead atoms. The Morgan fingerprint density at radius 2 is 1.93 bits per heavy atom. The van der Waals surface area contributed by atoms with Gasteiger partial charge in [0.1, 0.15) is 11.3 Å². The van der Waals surface area contributed by atoms with Gasteiger partial charge in [-0.15, -0.1) is 10.2 Å². The van der Waals surface area contributed by atoms with E-state index in [1.807, 2.05) is 6.08 Å². The van der Waals surface area contributed by atoms with Gasteiger partial charge in [0.2, 0.25) is 5.82 Å². The van der Waals surface area contributed by atoms with E-state index in [1.165, 1.54) is 0 Å². The predicted octanol–water partition coefficient (Wildman–Crippen LogP) is 4.77. The molecule has 0 aliphatic heterocycles. The number of allylic oxidation sites excluding steroid dienone is 1. The molecule has 0 atom stereocenters. The van der Waals surface area contributed by atoms with Crippen molar-refractivity contribution in [1.29, 1.82) is 0 Å². The molecule has 6 nitrogen and oxygen atoms in total. The van der Waals surface area contributed by atoms with Gasteiger partial charge in [-0.1, -0.05) is 29.3 Å². The molecule has 5 rings (SSSR count). The lowest BCUT2D eigenvalue weighted by Crippen LogP contribution is -2.08. The van der Waals surface area contributed by atoms with E-state index in [0.29, 0.717) is 56.6 Å². The van der Waals surface area contributed by atoms with Crippen molar-refractivity contribution >= 4 is 45.8 Å². The van der Waals surface area contributed by atoms with Gasteiger partial charge in [0.15, 0.2) is 5.43 Å². The molecular weight excluding hydrogens is 399 g/mol. The number of benzene rings is 2. The van der Waals surface area contributed by atoms with Crippen LogP contribution in [0.5, 0.6) is 0 Å². The smallest absolute Gasteiger partial charge is 0.204 e. The van der Waals surface area contributed by atoms with Crippen LogP contribution in [-0.2, 0) is 6.42 Å². The SMILES string of the molecule is O=c1c2c(oc3ccc(-c4nn[nH]n4)cc13)C(=Cc1c(Cl)cccc1Cl)CC2. The average molecular weight is 411 g/mol. The molecule has 1 aliphatic carbocycles. The van der Waals surface area contributed by atoms with Crippen molar-refractivity contribution in [3.05, 3.63) is 73.6 Å². The highest BCUT2D eigenvalue weighted by Crippen LogP contribution is 2.37. The van der Waals surface area contributed by atoms with Gasteiger partial charge in [-0.3, -0.25) is 4.79 Å². The van der Waals surface area contributed by atoms with E-state index in [9.17, 15) is 4.79 Å². The molecule has 2 aromatic carbocycles. The van der Waals surface area contributed by atoms with E-state index < -0.39 is 0 Å². The van der Waals surface area contributed by atoms with E-state index in [4.69, 9.17) is 27.6 Å². The van der Waals surface area contributed by atoms with Crippen LogP contribution in [0.4, 0.5) is 0 Å². The van der Waals surface area contributed by atoms with Gasteiger partial charge in [0, 0.05) is 26.7 Å². The van der Waals surface area contributed by atoms with Crippen LogP contribution in [0.25, 0.3) is 34.0 Å². The lowest BCUT2D eigenvalue weighted by atomic mass is 10.1. The molecule has 1 N–H and O–H groups in total. The molecule has 138 valence electrons. The molecule has 0 fully saturated rings. The maximum absolute atomic E-state index is 13.1. The Hall–Kier alpha value is -2.96. The van der Waals surface area contributed by atoms with Crippen LogP contribution in [0.1, 0.15) is 23.3 Å². The number of nitrogens with one attached hydrogen (secondary N) is 1. The van der Waals surface area contributed by atoms with Crippen molar-refractivity contribution in [3.8, 4) is 11.4 Å². The fourth-order valence-electron chi connectivity index (χ4n) is 3.48. The molecule has 0 saturated carbocycles. The number of fused-ring (bicyclic) bond motifs is 2. The zero-order chi connectivity index (χ0) is 19.3. The molecular formula is C20H12Cl2N4O2. The molecule has 0 spiro atoms. The van der Waals surface area contributed by atoms with Gasteiger partial charge in [0.05, 0.1) is 5.39 Å². The van der Waals surface area contributed by atoms with Crippen LogP contribution in [0.3, 0.4) is 0 Å². The topological polar surface area (TPSA) is 84.7 Å². The van der Waals surface area contributed by atoms with E-state index in [-0.39, 0.29) is 5.43 Å². The predicted molar refractivity (Wildman–Crippen MR) is 108 cm³/mol. The quantitative estimate of drug-likeness (QED) is 0.514. The number of H-pyrrole nitrogens is 1. The second-order valence-electron chi connectivity index (χ2n) is 6.49. The summed E-state index contributed by atoms with van der Waals surface area (Å²) in [6.45, 7) is 0. The molecule has 1 aliphatic rings. The first-order valence-electron chi connectivity index (χ1n) is 8.60. The lowest BCUT2D eigenvalue weighted by Gasteiger charge is -2.06. The van der Waals surface area contributed by atoms with Crippen molar-refractivity contribution in [2.45, 2.75) is 12.8 Å². The Morgan fingerprint density at radius 3 is 2.68 bits per heavy atom. The highest BCUT2D eigenvalue weighted by molar-refractivity contribution is 6.37. The zero-order valence-corrected chi connectivity index (χ0v) is 15.9. The molecule has 2 heterocycles. The third-order valence-electron chi connectivity index (χ3n) is 4.84. The Balaban J connectivity index is 1.67. The number of halogens is 2. The van der Waals surface area contributed by atoms with Crippen molar-refractivity contribution in [2.75, 3.05) is 0 Å². The van der Waals surface area contributed by atoms with Crippen molar-refractivity contribution in [2.24, 2.45) is 0 Å². The number of tetrazole rings is 1. The Kier molecular flexibility index (Phi) is 4.03. The summed E-state index contributed by atoms with van der Waals surface area (Å²) in [5.74, 6) is 1.02. The summed E-state index contributed by atoms with van der Waals surface area (Å²) in [6, 6.07) is 10.6. The molecule has 28 heavy (non-hydrogen) atoms. The van der Waals surface area contributed by atoms with Gasteiger partial charge in [-0.2, -0.15) is 5.21 Å². The minimum absolute atomic E-state index is 0.0461. The minimum Gasteiger partial charge on any atom is -0.456 e. The van der Waals surface area contributed by atoms with Crippen molar-refractivity contribution < 1.29 is 4.42 Å². The fraction of sp³-hybridized carbons (Fsp3) is 0.100. The van der Waals surface area contributed by atoms with E-state index in [0.717, 1.165) is 11.1 Å². The molecule has 2 aromatic heterocycles. The van der Waals surface area contributed by atoms with Crippen LogP contribution in [0.15, 0.2) is 45.6 Å². The van der Waals surface area contributed by atoms with E-state index >= 15 is 0 Å². The van der Waals surface area contributed by atoms with Crippen LogP contribution in [0.2, 0.25) is 10.0 Å². The molecule has 0 saturated heterocycles. The van der Waals surface area contributed by atoms with Crippen LogP contribution < -0.4 is 5.43 Å². The Bertz CT molecular complexity index is 1290. The molecule has 0 radical (unpaired) electrons. The standard InChI is InChI=1S/C20H12Cl2N4O2/c21-15-2-1-3-16(22)13(15)8-10-4-6-12-18(27)14-9-11(20-23-25-26-24-20)5-7-17(14)28-19(10)12/h1-3,5,7-9H,4,6H2,(H,23,24,25,26). The highest BCUT2D eigenvalue weighted by Gasteiger charge is 2.24. The first-order chi connectivity index (χ1) is 13.6. The molecule has 0 amide bonds. The van der Waals surface area contributed by atoms with Crippen LogP contribution in [0, 0.1) is 0 Å². The number of nitrogens with zero attached hydrogens (tertiary/aromatic N) is 3. The third kappa shape index (κ3) is 2.73. The second kappa shape index (κ2) is 6.58. The molecule has 4 aromatic rings.